The predicted octanol–water partition coefficient (Wildman–Crippen LogP) is 1.98. The number of esters is 2. The highest BCUT2D eigenvalue weighted by molar-refractivity contribution is 6.36. The maximum Gasteiger partial charge on any atom is 0.354 e. The quantitative estimate of drug-likeness (QED) is 0.356. The molecule has 1 aromatic rings. The first-order valence-corrected chi connectivity index (χ1v) is 6.02. The highest BCUT2D eigenvalue weighted by atomic mass is 16.5. The van der Waals surface area contributed by atoms with Crippen LogP contribution in [0.5, 0.6) is 0 Å². The molecule has 0 aliphatic rings. The molecule has 0 aliphatic heterocycles. The number of carbonyl (C=O) groups is 2. The summed E-state index contributed by atoms with van der Waals surface area (Å²) < 4.78 is 9.07. The summed E-state index contributed by atoms with van der Waals surface area (Å²) in [5.74, 6) is -1.15. The Bertz CT molecular complexity index is 556. The zero-order chi connectivity index (χ0) is 15.7. The van der Waals surface area contributed by atoms with Gasteiger partial charge in [0.2, 0.25) is 0 Å². The highest BCUT2D eigenvalue weighted by Gasteiger charge is 2.14. The van der Waals surface area contributed by atoms with E-state index in [0.717, 1.165) is 0 Å². The van der Waals surface area contributed by atoms with Crippen molar-refractivity contribution in [3.63, 3.8) is 0 Å². The minimum atomic E-state index is -0.678. The van der Waals surface area contributed by atoms with Crippen molar-refractivity contribution in [2.75, 3.05) is 19.6 Å². The van der Waals surface area contributed by atoms with Crippen LogP contribution in [0.2, 0.25) is 0 Å². The molecule has 0 atom stereocenters. The van der Waals surface area contributed by atoms with Crippen LogP contribution in [-0.2, 0) is 19.1 Å². The number of hydrazone groups is 1. The molecule has 0 aliphatic carbocycles. The number of ether oxygens (including phenoxy) is 2. The number of hydrogen-bond donors (Lipinski definition) is 1. The summed E-state index contributed by atoms with van der Waals surface area (Å²) in [4.78, 5) is 33.3. The van der Waals surface area contributed by atoms with Crippen LogP contribution in [0.4, 0.5) is 11.4 Å². The molecule has 1 aromatic carbocycles. The first kappa shape index (κ1) is 16.3. The van der Waals surface area contributed by atoms with Gasteiger partial charge in [0.15, 0.2) is 0 Å². The molecule has 8 nitrogen and oxygen atoms in total. The second-order valence-corrected chi connectivity index (χ2v) is 3.85. The Morgan fingerprint density at radius 2 is 1.86 bits per heavy atom. The van der Waals surface area contributed by atoms with Crippen LogP contribution >= 0.6 is 0 Å². The number of anilines is 1. The molecule has 0 radical (unpaired) electrons. The van der Waals surface area contributed by atoms with Gasteiger partial charge in [-0.15, -0.1) is 4.91 Å². The van der Waals surface area contributed by atoms with Crippen LogP contribution < -0.4 is 5.43 Å². The highest BCUT2D eigenvalue weighted by Crippen LogP contribution is 2.23. The van der Waals surface area contributed by atoms with E-state index in [9.17, 15) is 14.5 Å². The van der Waals surface area contributed by atoms with Gasteiger partial charge in [0.05, 0.1) is 26.3 Å². The van der Waals surface area contributed by atoms with Crippen LogP contribution in [0, 0.1) is 4.91 Å². The van der Waals surface area contributed by atoms with Crippen LogP contribution in [0.1, 0.15) is 12.8 Å². The van der Waals surface area contributed by atoms with Crippen LogP contribution in [0.15, 0.2) is 34.5 Å². The lowest BCUT2D eigenvalue weighted by Crippen LogP contribution is -2.19. The molecule has 0 heterocycles. The number of nitrogens with zero attached hydrogens (tertiary/aromatic N) is 2. The average Bonchev–Trinajstić information content (AvgIpc) is 2.54. The molecule has 0 bridgehead atoms. The van der Waals surface area contributed by atoms with Crippen molar-refractivity contribution in [1.29, 1.82) is 0 Å². The number of nitroso groups, excluding NO2 is 1. The first-order chi connectivity index (χ1) is 10.1. The summed E-state index contributed by atoms with van der Waals surface area (Å²) >= 11 is 0. The molecule has 0 amide bonds. The maximum absolute atomic E-state index is 11.6. The summed E-state index contributed by atoms with van der Waals surface area (Å²) in [6.07, 6.45) is 0.0305. The molecule has 0 aromatic heterocycles. The maximum atomic E-state index is 11.6. The van der Waals surface area contributed by atoms with Gasteiger partial charge in [0.25, 0.3) is 0 Å². The fourth-order valence-electron chi connectivity index (χ4n) is 1.42. The van der Waals surface area contributed by atoms with Crippen molar-refractivity contribution in [2.45, 2.75) is 12.8 Å². The van der Waals surface area contributed by atoms with E-state index >= 15 is 0 Å². The van der Waals surface area contributed by atoms with Crippen molar-refractivity contribution in [1.82, 2.24) is 0 Å². The lowest BCUT2D eigenvalue weighted by atomic mass is 10.2. The summed E-state index contributed by atoms with van der Waals surface area (Å²) in [5.41, 5.74) is 3.06. The van der Waals surface area contributed by atoms with E-state index in [-0.39, 0.29) is 24.2 Å². The van der Waals surface area contributed by atoms with Gasteiger partial charge in [-0.2, -0.15) is 5.10 Å². The molecule has 8 heteroatoms. The van der Waals surface area contributed by atoms with Gasteiger partial charge >= 0.3 is 11.9 Å². The molecule has 0 saturated heterocycles. The average molecular weight is 293 g/mol. The normalized spacial score (nSPS) is 10.7. The van der Waals surface area contributed by atoms with Gasteiger partial charge in [-0.1, -0.05) is 12.1 Å². The topological polar surface area (TPSA) is 106 Å². The molecule has 112 valence electrons. The zero-order valence-corrected chi connectivity index (χ0v) is 11.7. The SMILES string of the molecule is COC(=O)CC/C(=N/Nc1ccccc1N=O)C(=O)OC. The Kier molecular flexibility index (Phi) is 6.52. The van der Waals surface area contributed by atoms with Crippen molar-refractivity contribution < 1.29 is 19.1 Å². The Hall–Kier alpha value is -2.77. The third-order valence-electron chi connectivity index (χ3n) is 2.53. The van der Waals surface area contributed by atoms with Crippen molar-refractivity contribution in [3.8, 4) is 0 Å². The second kappa shape index (κ2) is 8.41. The van der Waals surface area contributed by atoms with Gasteiger partial charge in [-0.25, -0.2) is 4.79 Å². The Morgan fingerprint density at radius 3 is 2.48 bits per heavy atom. The van der Waals surface area contributed by atoms with E-state index in [1.807, 2.05) is 0 Å². The molecule has 1 N–H and O–H groups in total. The van der Waals surface area contributed by atoms with Gasteiger partial charge in [0, 0.05) is 6.42 Å². The van der Waals surface area contributed by atoms with E-state index in [1.165, 1.54) is 20.3 Å². The second-order valence-electron chi connectivity index (χ2n) is 3.85. The van der Waals surface area contributed by atoms with E-state index < -0.39 is 11.9 Å². The van der Waals surface area contributed by atoms with Crippen LogP contribution in [0.25, 0.3) is 0 Å². The lowest BCUT2D eigenvalue weighted by molar-refractivity contribution is -0.140. The number of para-hydroxylation sites is 1. The molecular weight excluding hydrogens is 278 g/mol. The predicted molar refractivity (Wildman–Crippen MR) is 76.2 cm³/mol. The number of hydrogen-bond acceptors (Lipinski definition) is 8. The minimum Gasteiger partial charge on any atom is -0.469 e. The van der Waals surface area contributed by atoms with Crippen molar-refractivity contribution in [3.05, 3.63) is 29.2 Å². The molecule has 0 fully saturated rings. The summed E-state index contributed by atoms with van der Waals surface area (Å²) in [6, 6.07) is 6.40. The standard InChI is InChI=1S/C13H15N3O5/c1-20-12(17)8-7-11(13(18)21-2)15-14-9-5-3-4-6-10(9)16-19/h3-6,14H,7-8H2,1-2H3/b15-11-. The van der Waals surface area contributed by atoms with Crippen LogP contribution in [-0.4, -0.2) is 31.9 Å². The largest absolute Gasteiger partial charge is 0.469 e. The molecule has 1 rings (SSSR count). The van der Waals surface area contributed by atoms with Gasteiger partial charge in [-0.05, 0) is 17.3 Å². The number of methoxy groups -OCH3 is 2. The first-order valence-electron chi connectivity index (χ1n) is 6.02. The summed E-state index contributed by atoms with van der Waals surface area (Å²) in [7, 11) is 2.46. The van der Waals surface area contributed by atoms with Gasteiger partial charge in [0.1, 0.15) is 11.4 Å². The van der Waals surface area contributed by atoms with Crippen LogP contribution in [0.3, 0.4) is 0 Å². The molecule has 0 unspecified atom stereocenters. The Labute approximate surface area is 121 Å². The lowest BCUT2D eigenvalue weighted by Gasteiger charge is -2.06. The Balaban J connectivity index is 2.85. The number of nitrogens with one attached hydrogen (secondary N) is 1. The zero-order valence-electron chi connectivity index (χ0n) is 11.7. The molecule has 0 saturated carbocycles. The fraction of sp³-hybridized carbons (Fsp3) is 0.308. The van der Waals surface area contributed by atoms with Crippen molar-refractivity contribution >= 4 is 29.0 Å². The summed E-state index contributed by atoms with van der Waals surface area (Å²) in [5, 5.41) is 6.69. The molecule has 0 spiro atoms. The van der Waals surface area contributed by atoms with Gasteiger partial charge < -0.3 is 9.47 Å². The van der Waals surface area contributed by atoms with Gasteiger partial charge in [-0.3, -0.25) is 10.2 Å². The van der Waals surface area contributed by atoms with Crippen molar-refractivity contribution in [2.24, 2.45) is 10.3 Å². The minimum absolute atomic E-state index is 0.00334. The number of rotatable bonds is 7. The Morgan fingerprint density at radius 1 is 1.14 bits per heavy atom. The van der Waals surface area contributed by atoms with E-state index in [0.29, 0.717) is 5.69 Å². The van der Waals surface area contributed by atoms with E-state index in [4.69, 9.17) is 0 Å². The third-order valence-corrected chi connectivity index (χ3v) is 2.53. The number of carbonyl (C=O) groups excluding carboxylic acids is 2. The third kappa shape index (κ3) is 5.01. The molecule has 21 heavy (non-hydrogen) atoms. The molecular formula is C13H15N3O5. The fourth-order valence-corrected chi connectivity index (χ4v) is 1.42. The monoisotopic (exact) mass is 293 g/mol. The smallest absolute Gasteiger partial charge is 0.354 e. The number of benzene rings is 1. The van der Waals surface area contributed by atoms with E-state index in [2.05, 4.69) is 25.2 Å². The van der Waals surface area contributed by atoms with E-state index in [1.54, 1.807) is 18.2 Å². The summed E-state index contributed by atoms with van der Waals surface area (Å²) in [6.45, 7) is 0.